The van der Waals surface area contributed by atoms with Crippen LogP contribution in [0.25, 0.3) is 11.0 Å². The number of carbonyl (C=O) groups excluding carboxylic acids is 1. The van der Waals surface area contributed by atoms with E-state index in [0.29, 0.717) is 23.5 Å². The molecule has 9 heteroatoms. The largest absolute Gasteiger partial charge is 0.573 e. The molecule has 1 amide bonds. The summed E-state index contributed by atoms with van der Waals surface area (Å²) in [6.45, 7) is 3.29. The van der Waals surface area contributed by atoms with Crippen LogP contribution in [-0.2, 0) is 6.54 Å². The first-order valence-corrected chi connectivity index (χ1v) is 11.6. The van der Waals surface area contributed by atoms with Gasteiger partial charge in [-0.25, -0.2) is 4.98 Å². The first kappa shape index (κ1) is 22.7. The van der Waals surface area contributed by atoms with Crippen LogP contribution < -0.4 is 10.1 Å². The van der Waals surface area contributed by atoms with Crippen LogP contribution in [0.5, 0.6) is 5.75 Å². The van der Waals surface area contributed by atoms with Crippen LogP contribution in [0.3, 0.4) is 0 Å². The lowest BCUT2D eigenvalue weighted by Gasteiger charge is -2.36. The van der Waals surface area contributed by atoms with E-state index in [1.165, 1.54) is 23.8 Å². The molecule has 0 spiro atoms. The molecule has 2 saturated carbocycles. The molecule has 0 saturated heterocycles. The molecule has 3 aromatic rings. The molecule has 0 aliphatic heterocycles. The van der Waals surface area contributed by atoms with Crippen molar-refractivity contribution in [1.82, 2.24) is 20.2 Å². The van der Waals surface area contributed by atoms with Crippen LogP contribution >= 0.6 is 0 Å². The van der Waals surface area contributed by atoms with E-state index in [-0.39, 0.29) is 29.1 Å². The maximum absolute atomic E-state index is 13.4. The van der Waals surface area contributed by atoms with Crippen molar-refractivity contribution < 1.29 is 22.7 Å². The number of nitrogens with one attached hydrogen (secondary N) is 2. The third-order valence-corrected chi connectivity index (χ3v) is 7.10. The Hall–Kier alpha value is -3.07. The Morgan fingerprint density at radius 1 is 1.26 bits per heavy atom. The second-order valence-corrected chi connectivity index (χ2v) is 9.17. The van der Waals surface area contributed by atoms with Crippen molar-refractivity contribution in [3.05, 3.63) is 59.9 Å². The predicted molar refractivity (Wildman–Crippen MR) is 121 cm³/mol. The highest BCUT2D eigenvalue weighted by molar-refractivity contribution is 5.94. The van der Waals surface area contributed by atoms with Crippen molar-refractivity contribution in [2.75, 3.05) is 6.54 Å². The van der Waals surface area contributed by atoms with Gasteiger partial charge in [-0.05, 0) is 56.2 Å². The minimum absolute atomic E-state index is 0.0597. The number of nitrogens with zero attached hydrogens (tertiary/aromatic N) is 2. The van der Waals surface area contributed by atoms with Crippen LogP contribution in [0.1, 0.15) is 48.8 Å². The number of hydrogen-bond acceptors (Lipinski definition) is 4. The number of fused-ring (bicyclic) bond motifs is 2. The van der Waals surface area contributed by atoms with E-state index in [0.717, 1.165) is 32.2 Å². The lowest BCUT2D eigenvalue weighted by atomic mass is 9.89. The number of imidazole rings is 1. The molecule has 0 radical (unpaired) electrons. The number of hydrogen-bond donors (Lipinski definition) is 2. The maximum Gasteiger partial charge on any atom is 0.573 e. The summed E-state index contributed by atoms with van der Waals surface area (Å²) in [5, 5.41) is 3.76. The number of benzene rings is 2. The van der Waals surface area contributed by atoms with E-state index < -0.39 is 6.36 Å². The number of aromatic amines is 1. The van der Waals surface area contributed by atoms with Crippen molar-refractivity contribution in [2.24, 2.45) is 5.92 Å². The molecule has 2 fully saturated rings. The molecule has 2 aliphatic rings. The second-order valence-electron chi connectivity index (χ2n) is 9.17. The first-order valence-electron chi connectivity index (χ1n) is 11.6. The second kappa shape index (κ2) is 8.61. The quantitative estimate of drug-likeness (QED) is 0.506. The number of ether oxygens (including phenoxy) is 1. The first-order chi connectivity index (χ1) is 16.3. The molecular formula is C25H27F3N4O2. The van der Waals surface area contributed by atoms with Gasteiger partial charge in [-0.2, -0.15) is 0 Å². The zero-order valence-electron chi connectivity index (χ0n) is 18.9. The number of halogens is 3. The highest BCUT2D eigenvalue weighted by atomic mass is 19.4. The third-order valence-electron chi connectivity index (χ3n) is 7.10. The molecule has 0 bridgehead atoms. The Balaban J connectivity index is 1.31. The highest BCUT2D eigenvalue weighted by Crippen LogP contribution is 2.55. The summed E-state index contributed by atoms with van der Waals surface area (Å²) in [6, 6.07) is 14.2. The van der Waals surface area contributed by atoms with Gasteiger partial charge >= 0.3 is 6.36 Å². The molecule has 1 heterocycles. The standard InChI is InChI=1S/C25H27F3N4O2/c1-2-32(21-9-6-12-24(14-18(21)24)29-15-16-7-4-3-5-8-16)23(33)22-30-19-11-10-17(13-20(19)31-22)34-25(26,27)28/h3-5,7-8,10-11,13,18,21,29H,2,6,9,12,14-15H2,1H3,(H,30,31)/t18-,21-,24-/m0/s1. The average Bonchev–Trinajstić information content (AvgIpc) is 3.40. The number of alkyl halides is 3. The van der Waals surface area contributed by atoms with Crippen molar-refractivity contribution >= 4 is 16.9 Å². The number of rotatable bonds is 7. The number of H-pyrrole nitrogens is 1. The monoisotopic (exact) mass is 472 g/mol. The molecular weight excluding hydrogens is 445 g/mol. The summed E-state index contributed by atoms with van der Waals surface area (Å²) >= 11 is 0. The minimum atomic E-state index is -4.78. The molecule has 1 aromatic heterocycles. The molecule has 2 N–H and O–H groups in total. The number of aromatic nitrogens is 2. The van der Waals surface area contributed by atoms with Gasteiger partial charge in [0, 0.05) is 30.7 Å². The Kier molecular flexibility index (Phi) is 5.75. The van der Waals surface area contributed by atoms with Gasteiger partial charge in [0.2, 0.25) is 0 Å². The van der Waals surface area contributed by atoms with Gasteiger partial charge in [0.1, 0.15) is 5.75 Å². The Morgan fingerprint density at radius 2 is 2.06 bits per heavy atom. The fourth-order valence-corrected chi connectivity index (χ4v) is 5.44. The Bertz CT molecular complexity index is 1180. The summed E-state index contributed by atoms with van der Waals surface area (Å²) in [6.07, 6.45) is -0.683. The normalized spacial score (nSPS) is 24.0. The molecule has 6 nitrogen and oxygen atoms in total. The summed E-state index contributed by atoms with van der Waals surface area (Å²) in [5.41, 5.74) is 2.05. The van der Waals surface area contributed by atoms with E-state index in [1.807, 2.05) is 30.0 Å². The fraction of sp³-hybridized carbons (Fsp3) is 0.440. The zero-order valence-corrected chi connectivity index (χ0v) is 18.9. The molecule has 2 aliphatic carbocycles. The molecule has 0 unspecified atom stereocenters. The minimum Gasteiger partial charge on any atom is -0.406 e. The van der Waals surface area contributed by atoms with E-state index in [9.17, 15) is 18.0 Å². The number of carbonyl (C=O) groups is 1. The summed E-state index contributed by atoms with van der Waals surface area (Å²) < 4.78 is 41.6. The van der Waals surface area contributed by atoms with E-state index in [2.05, 4.69) is 32.2 Å². The van der Waals surface area contributed by atoms with Gasteiger partial charge < -0.3 is 19.9 Å². The zero-order chi connectivity index (χ0) is 23.9. The van der Waals surface area contributed by atoms with E-state index in [1.54, 1.807) is 0 Å². The van der Waals surface area contributed by atoms with E-state index in [4.69, 9.17) is 0 Å². The van der Waals surface area contributed by atoms with Crippen molar-refractivity contribution in [1.29, 1.82) is 0 Å². The van der Waals surface area contributed by atoms with Crippen LogP contribution in [0.4, 0.5) is 13.2 Å². The lowest BCUT2D eigenvalue weighted by molar-refractivity contribution is -0.274. The SMILES string of the molecule is CCN(C(=O)c1nc2ccc(OC(F)(F)F)cc2[nH]1)[C@H]1CCC[C@]2(NCc3ccccc3)C[C@@H]12. The van der Waals surface area contributed by atoms with Crippen LogP contribution in [0.2, 0.25) is 0 Å². The molecule has 2 aromatic carbocycles. The van der Waals surface area contributed by atoms with Gasteiger partial charge in [0.05, 0.1) is 11.0 Å². The topological polar surface area (TPSA) is 70.2 Å². The van der Waals surface area contributed by atoms with Crippen LogP contribution in [-0.4, -0.2) is 45.3 Å². The van der Waals surface area contributed by atoms with Crippen molar-refractivity contribution in [3.63, 3.8) is 0 Å². The summed E-state index contributed by atoms with van der Waals surface area (Å²) in [4.78, 5) is 22.5. The van der Waals surface area contributed by atoms with Gasteiger partial charge in [0.25, 0.3) is 5.91 Å². The Labute approximate surface area is 195 Å². The van der Waals surface area contributed by atoms with Gasteiger partial charge in [-0.1, -0.05) is 30.3 Å². The van der Waals surface area contributed by atoms with Crippen molar-refractivity contribution in [2.45, 2.75) is 57.1 Å². The Morgan fingerprint density at radius 3 is 2.79 bits per heavy atom. The predicted octanol–water partition coefficient (Wildman–Crippen LogP) is 5.02. The lowest BCUT2D eigenvalue weighted by Crippen LogP contribution is -2.48. The maximum atomic E-state index is 13.4. The fourth-order valence-electron chi connectivity index (χ4n) is 5.44. The smallest absolute Gasteiger partial charge is 0.406 e. The molecule has 5 rings (SSSR count). The van der Waals surface area contributed by atoms with Crippen molar-refractivity contribution in [3.8, 4) is 5.75 Å². The van der Waals surface area contributed by atoms with Gasteiger partial charge in [-0.3, -0.25) is 4.79 Å². The third kappa shape index (κ3) is 4.49. The average molecular weight is 473 g/mol. The number of amides is 1. The molecule has 180 valence electrons. The molecule has 34 heavy (non-hydrogen) atoms. The summed E-state index contributed by atoms with van der Waals surface area (Å²) in [5.74, 6) is -0.0672. The van der Waals surface area contributed by atoms with Gasteiger partial charge in [0.15, 0.2) is 5.82 Å². The molecule has 3 atom stereocenters. The van der Waals surface area contributed by atoms with Crippen LogP contribution in [0.15, 0.2) is 48.5 Å². The van der Waals surface area contributed by atoms with E-state index >= 15 is 0 Å². The summed E-state index contributed by atoms with van der Waals surface area (Å²) in [7, 11) is 0. The van der Waals surface area contributed by atoms with Crippen LogP contribution in [0, 0.1) is 5.92 Å². The van der Waals surface area contributed by atoms with Gasteiger partial charge in [-0.15, -0.1) is 13.2 Å². The highest BCUT2D eigenvalue weighted by Gasteiger charge is 2.60.